The van der Waals surface area contributed by atoms with E-state index in [1.165, 1.54) is 0 Å². The zero-order valence-corrected chi connectivity index (χ0v) is 10.7. The van der Waals surface area contributed by atoms with Crippen molar-refractivity contribution in [2.45, 2.75) is 38.5 Å². The molecule has 1 aromatic rings. The largest absolute Gasteiger partial charge is 0.445 e. The number of alkyl carbamates (subject to hydrolysis) is 1. The van der Waals surface area contributed by atoms with Gasteiger partial charge in [0.1, 0.15) is 6.10 Å². The molecule has 4 heteroatoms. The first-order valence-corrected chi connectivity index (χ1v) is 6.46. The number of ether oxygens (including phenoxy) is 1. The maximum absolute atomic E-state index is 11.6. The third kappa shape index (κ3) is 4.04. The monoisotopic (exact) mass is 248 g/mol. The van der Waals surface area contributed by atoms with E-state index in [2.05, 4.69) is 17.6 Å². The number of piperidine rings is 1. The van der Waals surface area contributed by atoms with Crippen molar-refractivity contribution in [2.24, 2.45) is 0 Å². The minimum Gasteiger partial charge on any atom is -0.445 e. The van der Waals surface area contributed by atoms with Gasteiger partial charge in [-0.2, -0.15) is 0 Å². The fourth-order valence-electron chi connectivity index (χ4n) is 2.04. The van der Waals surface area contributed by atoms with Gasteiger partial charge in [-0.15, -0.1) is 0 Å². The van der Waals surface area contributed by atoms with Crippen LogP contribution in [-0.2, 0) is 11.3 Å². The van der Waals surface area contributed by atoms with Crippen LogP contribution >= 0.6 is 0 Å². The standard InChI is InChI=1S/C14H20N2O2/c1-11-7-8-13(10-15-11)18-14(17)16-9-12-5-3-2-4-6-12/h2-6,11,13,15H,7-10H2,1H3,(H,16,17). The molecule has 1 aliphatic rings. The number of nitrogens with one attached hydrogen (secondary N) is 2. The van der Waals surface area contributed by atoms with Gasteiger partial charge in [0, 0.05) is 19.1 Å². The number of hydrogen-bond donors (Lipinski definition) is 2. The lowest BCUT2D eigenvalue weighted by Crippen LogP contribution is -2.43. The number of amides is 1. The molecule has 0 spiro atoms. The molecule has 0 saturated carbocycles. The number of benzene rings is 1. The summed E-state index contributed by atoms with van der Waals surface area (Å²) in [6, 6.07) is 10.3. The summed E-state index contributed by atoms with van der Waals surface area (Å²) >= 11 is 0. The highest BCUT2D eigenvalue weighted by Crippen LogP contribution is 2.10. The van der Waals surface area contributed by atoms with Crippen LogP contribution in [-0.4, -0.2) is 24.8 Å². The number of carbonyl (C=O) groups excluding carboxylic acids is 1. The molecule has 4 nitrogen and oxygen atoms in total. The second-order valence-electron chi connectivity index (χ2n) is 4.75. The summed E-state index contributed by atoms with van der Waals surface area (Å²) in [7, 11) is 0. The first-order chi connectivity index (χ1) is 8.74. The van der Waals surface area contributed by atoms with E-state index in [-0.39, 0.29) is 12.2 Å². The fourth-order valence-corrected chi connectivity index (χ4v) is 2.04. The molecular formula is C14H20N2O2. The molecule has 1 amide bonds. The van der Waals surface area contributed by atoms with Gasteiger partial charge in [0.25, 0.3) is 0 Å². The summed E-state index contributed by atoms with van der Waals surface area (Å²) in [5, 5.41) is 6.07. The Morgan fingerprint density at radius 1 is 1.39 bits per heavy atom. The van der Waals surface area contributed by atoms with Crippen molar-refractivity contribution < 1.29 is 9.53 Å². The van der Waals surface area contributed by atoms with Crippen molar-refractivity contribution in [2.75, 3.05) is 6.54 Å². The van der Waals surface area contributed by atoms with Crippen LogP contribution in [0.4, 0.5) is 4.79 Å². The molecule has 1 aliphatic heterocycles. The molecule has 1 aromatic carbocycles. The quantitative estimate of drug-likeness (QED) is 0.860. The van der Waals surface area contributed by atoms with E-state index in [0.717, 1.165) is 24.9 Å². The molecule has 1 heterocycles. The van der Waals surface area contributed by atoms with E-state index in [1.54, 1.807) is 0 Å². The Bertz CT molecular complexity index is 373. The minimum atomic E-state index is -0.333. The summed E-state index contributed by atoms with van der Waals surface area (Å²) in [5.41, 5.74) is 1.07. The maximum atomic E-state index is 11.6. The van der Waals surface area contributed by atoms with Gasteiger partial charge in [-0.3, -0.25) is 0 Å². The summed E-state index contributed by atoms with van der Waals surface area (Å²) < 4.78 is 5.35. The van der Waals surface area contributed by atoms with Gasteiger partial charge in [-0.1, -0.05) is 30.3 Å². The van der Waals surface area contributed by atoms with Crippen molar-refractivity contribution in [1.82, 2.24) is 10.6 Å². The highest BCUT2D eigenvalue weighted by molar-refractivity contribution is 5.67. The van der Waals surface area contributed by atoms with E-state index in [4.69, 9.17) is 4.74 Å². The van der Waals surface area contributed by atoms with Crippen molar-refractivity contribution in [1.29, 1.82) is 0 Å². The average molecular weight is 248 g/mol. The summed E-state index contributed by atoms with van der Waals surface area (Å²) in [5.74, 6) is 0. The van der Waals surface area contributed by atoms with Crippen LogP contribution in [0.1, 0.15) is 25.3 Å². The van der Waals surface area contributed by atoms with Crippen molar-refractivity contribution in [3.63, 3.8) is 0 Å². The molecule has 98 valence electrons. The molecule has 0 radical (unpaired) electrons. The topological polar surface area (TPSA) is 50.4 Å². The van der Waals surface area contributed by atoms with Gasteiger partial charge >= 0.3 is 6.09 Å². The normalized spacial score (nSPS) is 23.4. The predicted octanol–water partition coefficient (Wildman–Crippen LogP) is 2.05. The minimum absolute atomic E-state index is 0.00280. The van der Waals surface area contributed by atoms with E-state index in [1.807, 2.05) is 30.3 Å². The van der Waals surface area contributed by atoms with Gasteiger partial charge < -0.3 is 15.4 Å². The zero-order valence-electron chi connectivity index (χ0n) is 10.7. The molecule has 2 unspecified atom stereocenters. The first kappa shape index (κ1) is 12.9. The summed E-state index contributed by atoms with van der Waals surface area (Å²) in [6.45, 7) is 3.40. The third-order valence-electron chi connectivity index (χ3n) is 3.17. The highest BCUT2D eigenvalue weighted by atomic mass is 16.6. The third-order valence-corrected chi connectivity index (χ3v) is 3.17. The van der Waals surface area contributed by atoms with E-state index in [9.17, 15) is 4.79 Å². The average Bonchev–Trinajstić information content (AvgIpc) is 2.40. The molecule has 18 heavy (non-hydrogen) atoms. The molecule has 2 rings (SSSR count). The SMILES string of the molecule is CC1CCC(OC(=O)NCc2ccccc2)CN1. The first-order valence-electron chi connectivity index (χ1n) is 6.46. The van der Waals surface area contributed by atoms with E-state index < -0.39 is 0 Å². The number of rotatable bonds is 3. The van der Waals surface area contributed by atoms with Crippen LogP contribution in [0.15, 0.2) is 30.3 Å². The van der Waals surface area contributed by atoms with Crippen LogP contribution < -0.4 is 10.6 Å². The fraction of sp³-hybridized carbons (Fsp3) is 0.500. The van der Waals surface area contributed by atoms with Gasteiger partial charge in [0.2, 0.25) is 0 Å². The van der Waals surface area contributed by atoms with Crippen LogP contribution in [0.25, 0.3) is 0 Å². The van der Waals surface area contributed by atoms with Crippen LogP contribution in [0.2, 0.25) is 0 Å². The van der Waals surface area contributed by atoms with Gasteiger partial charge in [0.15, 0.2) is 0 Å². The summed E-state index contributed by atoms with van der Waals surface area (Å²) in [4.78, 5) is 11.6. The maximum Gasteiger partial charge on any atom is 0.407 e. The molecule has 2 atom stereocenters. The second kappa shape index (κ2) is 6.40. The van der Waals surface area contributed by atoms with Crippen molar-refractivity contribution in [3.8, 4) is 0 Å². The number of carbonyl (C=O) groups is 1. The molecule has 1 saturated heterocycles. The molecule has 0 bridgehead atoms. The Kier molecular flexibility index (Phi) is 4.59. The highest BCUT2D eigenvalue weighted by Gasteiger charge is 2.20. The Balaban J connectivity index is 1.69. The Morgan fingerprint density at radius 2 is 2.17 bits per heavy atom. The smallest absolute Gasteiger partial charge is 0.407 e. The van der Waals surface area contributed by atoms with Gasteiger partial charge in [-0.05, 0) is 25.3 Å². The molecular weight excluding hydrogens is 228 g/mol. The van der Waals surface area contributed by atoms with E-state index in [0.29, 0.717) is 12.6 Å². The lowest BCUT2D eigenvalue weighted by atomic mass is 10.0. The molecule has 0 aliphatic carbocycles. The lowest BCUT2D eigenvalue weighted by Gasteiger charge is -2.27. The Hall–Kier alpha value is -1.55. The van der Waals surface area contributed by atoms with Gasteiger partial charge in [0.05, 0.1) is 0 Å². The second-order valence-corrected chi connectivity index (χ2v) is 4.75. The van der Waals surface area contributed by atoms with Crippen molar-refractivity contribution in [3.05, 3.63) is 35.9 Å². The van der Waals surface area contributed by atoms with Crippen LogP contribution in [0, 0.1) is 0 Å². The Labute approximate surface area is 108 Å². The molecule has 0 aromatic heterocycles. The van der Waals surface area contributed by atoms with Crippen LogP contribution in [0.3, 0.4) is 0 Å². The Morgan fingerprint density at radius 3 is 2.83 bits per heavy atom. The lowest BCUT2D eigenvalue weighted by molar-refractivity contribution is 0.0759. The zero-order chi connectivity index (χ0) is 12.8. The van der Waals surface area contributed by atoms with Gasteiger partial charge in [-0.25, -0.2) is 4.79 Å². The van der Waals surface area contributed by atoms with Crippen LogP contribution in [0.5, 0.6) is 0 Å². The van der Waals surface area contributed by atoms with Crippen molar-refractivity contribution >= 4 is 6.09 Å². The predicted molar refractivity (Wildman–Crippen MR) is 70.2 cm³/mol. The summed E-state index contributed by atoms with van der Waals surface area (Å²) in [6.07, 6.45) is 1.65. The van der Waals surface area contributed by atoms with E-state index >= 15 is 0 Å². The number of hydrogen-bond acceptors (Lipinski definition) is 3. The molecule has 1 fully saturated rings. The molecule has 2 N–H and O–H groups in total.